The number of anilines is 1. The van der Waals surface area contributed by atoms with E-state index in [0.717, 1.165) is 16.9 Å². The van der Waals surface area contributed by atoms with Gasteiger partial charge in [-0.05, 0) is 48.0 Å². The van der Waals surface area contributed by atoms with Gasteiger partial charge in [0.2, 0.25) is 5.91 Å². The molecule has 0 aliphatic heterocycles. The fourth-order valence-electron chi connectivity index (χ4n) is 2.68. The van der Waals surface area contributed by atoms with Crippen molar-refractivity contribution >= 4 is 17.7 Å². The van der Waals surface area contributed by atoms with E-state index in [-0.39, 0.29) is 5.91 Å². The molecule has 1 N–H and O–H groups in total. The fourth-order valence-corrected chi connectivity index (χ4v) is 2.68. The number of ether oxygens (including phenoxy) is 3. The molecule has 0 fully saturated rings. The highest BCUT2D eigenvalue weighted by atomic mass is 16.5. The summed E-state index contributed by atoms with van der Waals surface area (Å²) in [6, 6.07) is 22.6. The number of nitrogens with one attached hydrogen (secondary N) is 1. The van der Waals surface area contributed by atoms with Crippen LogP contribution in [0.15, 0.2) is 78.9 Å². The molecule has 3 aromatic rings. The van der Waals surface area contributed by atoms with Gasteiger partial charge in [-0.3, -0.25) is 4.79 Å². The molecule has 0 atom stereocenters. The highest BCUT2D eigenvalue weighted by molar-refractivity contribution is 6.02. The molecular formula is C24H23NO4. The summed E-state index contributed by atoms with van der Waals surface area (Å²) < 4.78 is 16.3. The van der Waals surface area contributed by atoms with Crippen LogP contribution in [0.5, 0.6) is 17.2 Å². The Morgan fingerprint density at radius 2 is 1.62 bits per heavy atom. The summed E-state index contributed by atoms with van der Waals surface area (Å²) in [4.78, 5) is 12.2. The maximum Gasteiger partial charge on any atom is 0.248 e. The van der Waals surface area contributed by atoms with E-state index >= 15 is 0 Å². The molecule has 3 rings (SSSR count). The summed E-state index contributed by atoms with van der Waals surface area (Å²) in [7, 11) is 3.17. The molecule has 0 saturated carbocycles. The molecule has 0 aliphatic rings. The van der Waals surface area contributed by atoms with E-state index in [1.807, 2.05) is 54.6 Å². The van der Waals surface area contributed by atoms with Crippen molar-refractivity contribution in [2.45, 2.75) is 6.61 Å². The molecule has 0 aromatic heterocycles. The molecule has 0 heterocycles. The summed E-state index contributed by atoms with van der Waals surface area (Å²) >= 11 is 0. The third-order valence-electron chi connectivity index (χ3n) is 4.23. The molecule has 29 heavy (non-hydrogen) atoms. The fraction of sp³-hybridized carbons (Fsp3) is 0.125. The molecule has 1 amide bonds. The minimum atomic E-state index is -0.235. The summed E-state index contributed by atoms with van der Waals surface area (Å²) in [6.45, 7) is 0.499. The first-order valence-corrected chi connectivity index (χ1v) is 9.16. The Morgan fingerprint density at radius 1 is 0.897 bits per heavy atom. The van der Waals surface area contributed by atoms with Crippen LogP contribution in [0, 0.1) is 0 Å². The minimum absolute atomic E-state index is 0.235. The van der Waals surface area contributed by atoms with Crippen molar-refractivity contribution in [1.29, 1.82) is 0 Å². The van der Waals surface area contributed by atoms with Crippen LogP contribution >= 0.6 is 0 Å². The van der Waals surface area contributed by atoms with Crippen LogP contribution in [0.4, 0.5) is 5.69 Å². The second-order valence-corrected chi connectivity index (χ2v) is 6.23. The Balaban J connectivity index is 1.56. The summed E-state index contributed by atoms with van der Waals surface area (Å²) in [5.74, 6) is 1.83. The average molecular weight is 389 g/mol. The van der Waals surface area contributed by atoms with Crippen LogP contribution in [-0.4, -0.2) is 20.1 Å². The molecule has 0 saturated heterocycles. The standard InChI is InChI=1S/C24H23NO4/c1-27-22-12-8-19(23(16-22)28-2)9-15-24(26)25-20-10-13-21(14-11-20)29-17-18-6-4-3-5-7-18/h3-16H,17H2,1-2H3,(H,25,26)/b15-9+. The van der Waals surface area contributed by atoms with Gasteiger partial charge in [-0.15, -0.1) is 0 Å². The Morgan fingerprint density at radius 3 is 2.31 bits per heavy atom. The van der Waals surface area contributed by atoms with Gasteiger partial charge in [0.1, 0.15) is 23.9 Å². The molecule has 5 heteroatoms. The number of hydrogen-bond donors (Lipinski definition) is 1. The van der Waals surface area contributed by atoms with Gasteiger partial charge in [-0.1, -0.05) is 30.3 Å². The van der Waals surface area contributed by atoms with Crippen LogP contribution in [0.2, 0.25) is 0 Å². The van der Waals surface area contributed by atoms with Gasteiger partial charge < -0.3 is 19.5 Å². The number of hydrogen-bond acceptors (Lipinski definition) is 4. The number of rotatable bonds is 8. The summed E-state index contributed by atoms with van der Waals surface area (Å²) in [5, 5.41) is 2.83. The second-order valence-electron chi connectivity index (χ2n) is 6.23. The molecule has 0 aliphatic carbocycles. The number of amides is 1. The van der Waals surface area contributed by atoms with E-state index in [4.69, 9.17) is 14.2 Å². The quantitative estimate of drug-likeness (QED) is 0.555. The predicted molar refractivity (Wildman–Crippen MR) is 114 cm³/mol. The van der Waals surface area contributed by atoms with Crippen LogP contribution in [0.1, 0.15) is 11.1 Å². The molecule has 0 bridgehead atoms. The van der Waals surface area contributed by atoms with E-state index in [1.54, 1.807) is 38.5 Å². The van der Waals surface area contributed by atoms with Gasteiger partial charge in [0, 0.05) is 23.4 Å². The van der Waals surface area contributed by atoms with Crippen molar-refractivity contribution in [3.63, 3.8) is 0 Å². The number of carbonyl (C=O) groups is 1. The molecule has 5 nitrogen and oxygen atoms in total. The first kappa shape index (κ1) is 20.0. The summed E-state index contributed by atoms with van der Waals surface area (Å²) in [5.41, 5.74) is 2.57. The first-order valence-electron chi connectivity index (χ1n) is 9.16. The largest absolute Gasteiger partial charge is 0.497 e. The molecular weight excluding hydrogens is 366 g/mol. The predicted octanol–water partition coefficient (Wildman–Crippen LogP) is 4.93. The summed E-state index contributed by atoms with van der Waals surface area (Å²) in [6.07, 6.45) is 3.16. The van der Waals surface area contributed by atoms with E-state index < -0.39 is 0 Å². The van der Waals surface area contributed by atoms with Crippen molar-refractivity contribution < 1.29 is 19.0 Å². The number of methoxy groups -OCH3 is 2. The van der Waals surface area contributed by atoms with Crippen molar-refractivity contribution in [2.24, 2.45) is 0 Å². The highest BCUT2D eigenvalue weighted by Crippen LogP contribution is 2.25. The van der Waals surface area contributed by atoms with Crippen molar-refractivity contribution in [3.8, 4) is 17.2 Å². The van der Waals surface area contributed by atoms with Gasteiger partial charge in [-0.25, -0.2) is 0 Å². The lowest BCUT2D eigenvalue weighted by Crippen LogP contribution is -2.07. The van der Waals surface area contributed by atoms with Crippen LogP contribution in [0.3, 0.4) is 0 Å². The lowest BCUT2D eigenvalue weighted by atomic mass is 10.1. The lowest BCUT2D eigenvalue weighted by Gasteiger charge is -2.08. The molecule has 3 aromatic carbocycles. The van der Waals surface area contributed by atoms with Crippen LogP contribution in [0.25, 0.3) is 6.08 Å². The Bertz CT molecular complexity index is 966. The minimum Gasteiger partial charge on any atom is -0.497 e. The highest BCUT2D eigenvalue weighted by Gasteiger charge is 2.04. The average Bonchev–Trinajstić information content (AvgIpc) is 2.77. The maximum absolute atomic E-state index is 12.2. The molecule has 0 unspecified atom stereocenters. The third kappa shape index (κ3) is 5.87. The monoisotopic (exact) mass is 389 g/mol. The number of carbonyl (C=O) groups excluding carboxylic acids is 1. The molecule has 0 radical (unpaired) electrons. The zero-order valence-electron chi connectivity index (χ0n) is 16.4. The van der Waals surface area contributed by atoms with E-state index in [1.165, 1.54) is 6.08 Å². The van der Waals surface area contributed by atoms with Gasteiger partial charge in [0.05, 0.1) is 14.2 Å². The van der Waals surface area contributed by atoms with E-state index in [2.05, 4.69) is 5.32 Å². The van der Waals surface area contributed by atoms with E-state index in [9.17, 15) is 4.79 Å². The van der Waals surface area contributed by atoms with Crippen LogP contribution < -0.4 is 19.5 Å². The Hall–Kier alpha value is -3.73. The maximum atomic E-state index is 12.2. The first-order chi connectivity index (χ1) is 14.2. The zero-order valence-corrected chi connectivity index (χ0v) is 16.4. The smallest absolute Gasteiger partial charge is 0.248 e. The second kappa shape index (κ2) is 9.99. The third-order valence-corrected chi connectivity index (χ3v) is 4.23. The molecule has 148 valence electrons. The molecule has 0 spiro atoms. The van der Waals surface area contributed by atoms with Gasteiger partial charge in [-0.2, -0.15) is 0 Å². The van der Waals surface area contributed by atoms with Gasteiger partial charge in [0.15, 0.2) is 0 Å². The Kier molecular flexibility index (Phi) is 6.90. The SMILES string of the molecule is COc1ccc(/C=C/C(=O)Nc2ccc(OCc3ccccc3)cc2)c(OC)c1. The number of benzene rings is 3. The van der Waals surface area contributed by atoms with Gasteiger partial charge >= 0.3 is 0 Å². The zero-order chi connectivity index (χ0) is 20.5. The van der Waals surface area contributed by atoms with Gasteiger partial charge in [0.25, 0.3) is 0 Å². The van der Waals surface area contributed by atoms with Crippen molar-refractivity contribution in [1.82, 2.24) is 0 Å². The lowest BCUT2D eigenvalue weighted by molar-refractivity contribution is -0.111. The van der Waals surface area contributed by atoms with Crippen molar-refractivity contribution in [2.75, 3.05) is 19.5 Å². The normalized spacial score (nSPS) is 10.6. The Labute approximate surface area is 170 Å². The van der Waals surface area contributed by atoms with Crippen molar-refractivity contribution in [3.05, 3.63) is 90.0 Å². The topological polar surface area (TPSA) is 56.8 Å². The van der Waals surface area contributed by atoms with E-state index in [0.29, 0.717) is 23.8 Å². The van der Waals surface area contributed by atoms with Crippen LogP contribution in [-0.2, 0) is 11.4 Å².